The number of halogens is 1. The van der Waals surface area contributed by atoms with Crippen LogP contribution >= 0.6 is 0 Å². The van der Waals surface area contributed by atoms with Gasteiger partial charge in [0.2, 0.25) is 11.4 Å². The molecule has 4 aromatic carbocycles. The van der Waals surface area contributed by atoms with Gasteiger partial charge < -0.3 is 24.8 Å². The Morgan fingerprint density at radius 3 is 2.11 bits per heavy atom. The van der Waals surface area contributed by atoms with Crippen molar-refractivity contribution in [2.24, 2.45) is 11.8 Å². The number of benzene rings is 4. The Bertz CT molecular complexity index is 2750. The molecule has 0 saturated carbocycles. The summed E-state index contributed by atoms with van der Waals surface area (Å²) in [5.74, 6) is -12.6. The number of alkyl halides is 1. The van der Waals surface area contributed by atoms with Crippen molar-refractivity contribution >= 4 is 29.2 Å². The molecule has 1 aliphatic carbocycles. The molecular formula is C47H35FN4O9. The van der Waals surface area contributed by atoms with Crippen molar-refractivity contribution in [2.75, 3.05) is 6.61 Å². The summed E-state index contributed by atoms with van der Waals surface area (Å²) >= 11 is 0. The predicted octanol–water partition coefficient (Wildman–Crippen LogP) is 6.81. The Labute approximate surface area is 347 Å². The van der Waals surface area contributed by atoms with E-state index in [1.54, 1.807) is 91.0 Å². The van der Waals surface area contributed by atoms with Crippen molar-refractivity contribution in [2.45, 2.75) is 29.4 Å². The maximum absolute atomic E-state index is 18.6. The minimum Gasteiger partial charge on any atom is -0.481 e. The standard InChI is InChI=1S/C47H35FN4O9/c48-46(27-60-44(58)29-14-4-1-5-15-29)39(33-21-11-13-23-35(33)43(56)57)38(32-20-10-12-22-34(32)42(54)55)45(26-49,61-46)37-25-24-36-40(50-28-51-52(36)37)41(53)47(59,30-16-6-2-7-17-30)31-18-8-3-9-19-31/h1-21,23-25,28,34,38-39,59H,22,27H2,(H,54,55)(H,56,57)/t34?,38-,39+,45-,46-/m0/s1. The van der Waals surface area contributed by atoms with Crippen molar-refractivity contribution in [1.82, 2.24) is 14.6 Å². The van der Waals surface area contributed by atoms with Gasteiger partial charge in [0.05, 0.1) is 34.2 Å². The van der Waals surface area contributed by atoms with Crippen LogP contribution in [0.25, 0.3) is 5.52 Å². The van der Waals surface area contributed by atoms with E-state index >= 15 is 4.39 Å². The molecule has 61 heavy (non-hydrogen) atoms. The first-order valence-electron chi connectivity index (χ1n) is 19.1. The van der Waals surface area contributed by atoms with Crippen molar-refractivity contribution in [3.63, 3.8) is 0 Å². The van der Waals surface area contributed by atoms with Gasteiger partial charge in [0.1, 0.15) is 18.1 Å². The van der Waals surface area contributed by atoms with Crippen LogP contribution in [-0.4, -0.2) is 66.1 Å². The second-order valence-electron chi connectivity index (χ2n) is 14.6. The average Bonchev–Trinajstić information content (AvgIpc) is 3.86. The number of hydrogen-bond donors (Lipinski definition) is 3. The van der Waals surface area contributed by atoms with Gasteiger partial charge in [0, 0.05) is 5.92 Å². The lowest BCUT2D eigenvalue weighted by Crippen LogP contribution is -2.39. The number of nitrogens with zero attached hydrogens (tertiary/aromatic N) is 4. The Balaban J connectivity index is 1.36. The molecule has 3 heterocycles. The van der Waals surface area contributed by atoms with E-state index in [4.69, 9.17) is 9.47 Å². The molecule has 5 atom stereocenters. The highest BCUT2D eigenvalue weighted by atomic mass is 19.2. The number of ether oxygens (including phenoxy) is 2. The number of rotatable bonds is 12. The van der Waals surface area contributed by atoms with Crippen molar-refractivity contribution in [3.05, 3.63) is 197 Å². The molecular weight excluding hydrogens is 784 g/mol. The molecule has 0 radical (unpaired) electrons. The molecule has 0 amide bonds. The van der Waals surface area contributed by atoms with E-state index in [1.165, 1.54) is 54.6 Å². The first-order valence-corrected chi connectivity index (χ1v) is 19.1. The molecule has 1 aliphatic heterocycles. The van der Waals surface area contributed by atoms with E-state index in [0.717, 1.165) is 10.8 Å². The third kappa shape index (κ3) is 6.75. The smallest absolute Gasteiger partial charge is 0.338 e. The number of hydrogen-bond acceptors (Lipinski definition) is 10. The number of carbonyl (C=O) groups excluding carboxylic acids is 2. The van der Waals surface area contributed by atoms with Crippen molar-refractivity contribution in [3.8, 4) is 6.07 Å². The van der Waals surface area contributed by atoms with E-state index < -0.39 is 65.1 Å². The molecule has 1 unspecified atom stereocenters. The summed E-state index contributed by atoms with van der Waals surface area (Å²) in [4.78, 5) is 58.2. The first kappa shape index (κ1) is 40.2. The highest BCUT2D eigenvalue weighted by Crippen LogP contribution is 2.62. The Kier molecular flexibility index (Phi) is 10.5. The molecule has 304 valence electrons. The van der Waals surface area contributed by atoms with E-state index in [2.05, 4.69) is 16.2 Å². The average molecular weight is 819 g/mol. The first-order chi connectivity index (χ1) is 29.4. The highest BCUT2D eigenvalue weighted by Gasteiger charge is 2.69. The number of aromatic nitrogens is 3. The maximum atomic E-state index is 18.6. The fourth-order valence-electron chi connectivity index (χ4n) is 8.54. The summed E-state index contributed by atoms with van der Waals surface area (Å²) in [7, 11) is 0. The van der Waals surface area contributed by atoms with Gasteiger partial charge in [-0.2, -0.15) is 10.4 Å². The van der Waals surface area contributed by atoms with E-state index in [9.17, 15) is 39.8 Å². The van der Waals surface area contributed by atoms with Gasteiger partial charge in [0.25, 0.3) is 5.85 Å². The molecule has 8 rings (SSSR count). The number of carboxylic acids is 2. The van der Waals surface area contributed by atoms with Gasteiger partial charge >= 0.3 is 17.9 Å². The van der Waals surface area contributed by atoms with Crippen LogP contribution < -0.4 is 0 Å². The molecule has 13 nitrogen and oxygen atoms in total. The largest absolute Gasteiger partial charge is 0.481 e. The summed E-state index contributed by atoms with van der Waals surface area (Å²) < 4.78 is 31.6. The van der Waals surface area contributed by atoms with E-state index in [-0.39, 0.29) is 56.7 Å². The van der Waals surface area contributed by atoms with Crippen LogP contribution in [-0.2, 0) is 25.5 Å². The summed E-state index contributed by atoms with van der Waals surface area (Å²) in [6, 6.07) is 34.4. The number of Topliss-reactive ketones (excluding diaryl/α,β-unsaturated/α-hetero) is 1. The number of nitriles is 1. The third-order valence-corrected chi connectivity index (χ3v) is 11.3. The second-order valence-corrected chi connectivity index (χ2v) is 14.6. The third-order valence-electron chi connectivity index (χ3n) is 11.3. The van der Waals surface area contributed by atoms with Crippen LogP contribution in [0.3, 0.4) is 0 Å². The lowest BCUT2D eigenvalue weighted by atomic mass is 9.66. The monoisotopic (exact) mass is 818 g/mol. The number of allylic oxidation sites excluding steroid dienone is 3. The molecule has 0 spiro atoms. The lowest BCUT2D eigenvalue weighted by molar-refractivity contribution is -0.191. The van der Waals surface area contributed by atoms with Crippen LogP contribution in [0.4, 0.5) is 4.39 Å². The number of esters is 1. The topological polar surface area (TPSA) is 201 Å². The number of ketones is 1. The van der Waals surface area contributed by atoms with Gasteiger partial charge in [-0.1, -0.05) is 115 Å². The Morgan fingerprint density at radius 1 is 0.869 bits per heavy atom. The van der Waals surface area contributed by atoms with Crippen LogP contribution in [0.1, 0.15) is 65.9 Å². The van der Waals surface area contributed by atoms with Crippen LogP contribution in [0.5, 0.6) is 0 Å². The predicted molar refractivity (Wildman–Crippen MR) is 215 cm³/mol. The second kappa shape index (κ2) is 15.9. The molecule has 14 heteroatoms. The summed E-state index contributed by atoms with van der Waals surface area (Å²) in [6.45, 7) is -1.16. The number of fused-ring (bicyclic) bond motifs is 1. The number of carboxylic acid groups (broad SMARTS) is 2. The molecule has 1 saturated heterocycles. The fourth-order valence-corrected chi connectivity index (χ4v) is 8.54. The number of aliphatic hydroxyl groups is 1. The van der Waals surface area contributed by atoms with Crippen LogP contribution in [0.15, 0.2) is 158 Å². The highest BCUT2D eigenvalue weighted by molar-refractivity contribution is 6.08. The van der Waals surface area contributed by atoms with Gasteiger partial charge in [0.15, 0.2) is 12.2 Å². The maximum Gasteiger partial charge on any atom is 0.338 e. The summed E-state index contributed by atoms with van der Waals surface area (Å²) in [5, 5.41) is 49.3. The van der Waals surface area contributed by atoms with Gasteiger partial charge in [-0.05, 0) is 59.0 Å². The van der Waals surface area contributed by atoms with Crippen molar-refractivity contribution < 1.29 is 48.4 Å². The Hall–Kier alpha value is -7.60. The molecule has 3 N–H and O–H groups in total. The zero-order chi connectivity index (χ0) is 42.9. The van der Waals surface area contributed by atoms with Gasteiger partial charge in [-0.3, -0.25) is 9.59 Å². The minimum absolute atomic E-state index is 0.0125. The fraction of sp³-hybridized carbons (Fsp3) is 0.170. The minimum atomic E-state index is -3.21. The molecule has 2 aliphatic rings. The zero-order valence-electron chi connectivity index (χ0n) is 32.0. The number of aliphatic carboxylic acids is 1. The quantitative estimate of drug-likeness (QED) is 0.0862. The summed E-state index contributed by atoms with van der Waals surface area (Å²) in [5.41, 5.74) is -5.37. The summed E-state index contributed by atoms with van der Waals surface area (Å²) in [6.07, 6.45) is 5.52. The van der Waals surface area contributed by atoms with Crippen LogP contribution in [0, 0.1) is 23.2 Å². The van der Waals surface area contributed by atoms with Gasteiger partial charge in [-0.25, -0.2) is 23.5 Å². The number of aromatic carboxylic acids is 1. The Morgan fingerprint density at radius 2 is 1.49 bits per heavy atom. The molecule has 2 aromatic heterocycles. The van der Waals surface area contributed by atoms with E-state index in [0.29, 0.717) is 0 Å². The zero-order valence-corrected chi connectivity index (χ0v) is 32.0. The normalized spacial score (nSPS) is 22.2. The SMILES string of the molecule is N#C[C@@]1(c2ccc3c(C(=O)C(O)(c4ccccc4)c4ccccc4)ncnn23)O[C@@](F)(COC(=O)c2ccccc2)[C@H](c2ccccc2C(=O)O)[C@@H]1C1=CC=CCC1C(=O)O. The lowest BCUT2D eigenvalue weighted by Gasteiger charge is -2.35. The van der Waals surface area contributed by atoms with Crippen LogP contribution in [0.2, 0.25) is 0 Å². The molecule has 1 fully saturated rings. The molecule has 6 aromatic rings. The number of carbonyl (C=O) groups is 4. The van der Waals surface area contributed by atoms with Crippen molar-refractivity contribution in [1.29, 1.82) is 5.26 Å². The van der Waals surface area contributed by atoms with Gasteiger partial charge in [-0.15, -0.1) is 0 Å². The molecule has 0 bridgehead atoms. The van der Waals surface area contributed by atoms with E-state index in [1.807, 2.05) is 0 Å².